The van der Waals surface area contributed by atoms with Crippen LogP contribution in [0.25, 0.3) is 130 Å². The van der Waals surface area contributed by atoms with Gasteiger partial charge in [-0.3, -0.25) is 4.98 Å². The Morgan fingerprint density at radius 3 is 0.838 bits per heavy atom. The van der Waals surface area contributed by atoms with Gasteiger partial charge < -0.3 is 9.13 Å². The molecule has 12 heteroatoms. The molecule has 0 radical (unpaired) electrons. The van der Waals surface area contributed by atoms with Crippen LogP contribution in [0.2, 0.25) is 0 Å². The maximum atomic E-state index is 11.3. The van der Waals surface area contributed by atoms with E-state index in [0.29, 0.717) is 89.8 Å². The molecule has 0 aliphatic heterocycles. The largest absolute Gasteiger partial charge is 0.308 e. The number of pyridine rings is 1. The Morgan fingerprint density at radius 1 is 0.300 bits per heavy atom. The van der Waals surface area contributed by atoms with E-state index in [1.54, 1.807) is 85.2 Å². The van der Waals surface area contributed by atoms with Gasteiger partial charge in [-0.25, -0.2) is 19.4 Å². The summed E-state index contributed by atoms with van der Waals surface area (Å²) in [5, 5.41) is 54.9. The van der Waals surface area contributed by atoms with Crippen molar-refractivity contribution in [2.75, 3.05) is 0 Å². The SMILES string of the molecule is [C-]#[N+]c1cc(C#N)cc(-c2ccc3c4ccc(-c5cc(C#N)cc([N+]#[C-])c5)cc4n(-c4cc(C#N)cc(-n5c6cc(-c7cc(C#N)cc([N+]#[C-])c7)ccc6c6ccc(-c7cc(C#N)cc([N+]#[C-])c7)cc65)c4-c4ccncc4)c3c2)c1. The molecule has 0 saturated heterocycles. The zero-order chi connectivity index (χ0) is 55.2. The molecule has 0 bridgehead atoms. The number of fused-ring (bicyclic) bond motifs is 6. The first kappa shape index (κ1) is 48.1. The van der Waals surface area contributed by atoms with Crippen molar-refractivity contribution >= 4 is 66.4 Å². The van der Waals surface area contributed by atoms with Crippen molar-refractivity contribution in [3.8, 4) is 97.4 Å². The van der Waals surface area contributed by atoms with Crippen molar-refractivity contribution in [2.45, 2.75) is 0 Å². The summed E-state index contributed by atoms with van der Waals surface area (Å²) in [7, 11) is 0. The molecule has 3 aromatic heterocycles. The lowest BCUT2D eigenvalue weighted by atomic mass is 9.98. The summed E-state index contributed by atoms with van der Waals surface area (Å²) in [5.74, 6) is 0. The topological polar surface area (TPSA) is 159 Å². The minimum Gasteiger partial charge on any atom is -0.308 e. The summed E-state index contributed by atoms with van der Waals surface area (Å²) >= 11 is 0. The summed E-state index contributed by atoms with van der Waals surface area (Å²) in [6, 6.07) is 62.9. The summed E-state index contributed by atoms with van der Waals surface area (Å²) in [6.07, 6.45) is 3.40. The van der Waals surface area contributed by atoms with Crippen LogP contribution in [0.3, 0.4) is 0 Å². The van der Waals surface area contributed by atoms with Crippen molar-refractivity contribution in [3.05, 3.63) is 256 Å². The number of benzene rings is 9. The minimum atomic E-state index is 0.302. The number of nitrogens with zero attached hydrogens (tertiary/aromatic N) is 12. The highest BCUT2D eigenvalue weighted by Gasteiger charge is 2.25. The second kappa shape index (κ2) is 19.4. The number of hydrogen-bond donors (Lipinski definition) is 0. The highest BCUT2D eigenvalue weighted by molar-refractivity contribution is 6.14. The third-order valence-corrected chi connectivity index (χ3v) is 14.2. The summed E-state index contributed by atoms with van der Waals surface area (Å²) in [5.41, 5.74) is 13.8. The van der Waals surface area contributed by atoms with E-state index in [1.165, 1.54) is 0 Å². The van der Waals surface area contributed by atoms with Gasteiger partial charge in [0.25, 0.3) is 0 Å². The van der Waals surface area contributed by atoms with Gasteiger partial charge in [-0.2, -0.15) is 26.3 Å². The second-order valence-corrected chi connectivity index (χ2v) is 18.8. The fourth-order valence-corrected chi connectivity index (χ4v) is 10.7. The van der Waals surface area contributed by atoms with Crippen LogP contribution < -0.4 is 0 Å². The lowest BCUT2D eigenvalue weighted by molar-refractivity contribution is 1.13. The van der Waals surface area contributed by atoms with Crippen LogP contribution in [-0.2, 0) is 0 Å². The number of nitriles is 5. The van der Waals surface area contributed by atoms with Gasteiger partial charge in [-0.15, -0.1) is 0 Å². The van der Waals surface area contributed by atoms with Gasteiger partial charge in [-0.05, 0) is 171 Å². The first-order valence-electron chi connectivity index (χ1n) is 24.5. The number of rotatable bonds is 7. The third-order valence-electron chi connectivity index (χ3n) is 14.2. The van der Waals surface area contributed by atoms with Crippen molar-refractivity contribution in [3.63, 3.8) is 0 Å². The summed E-state index contributed by atoms with van der Waals surface area (Å²) < 4.78 is 4.21. The molecule has 3 heterocycles. The Labute approximate surface area is 457 Å². The fourth-order valence-electron chi connectivity index (χ4n) is 10.7. The molecule has 12 nitrogen and oxygen atoms in total. The van der Waals surface area contributed by atoms with E-state index in [2.05, 4.69) is 63.8 Å². The first-order chi connectivity index (χ1) is 39.2. The molecule has 0 unspecified atom stereocenters. The molecule has 12 aromatic rings. The standard InChI is InChI=1S/C68H30N12/c1-74-54-21-40(35-69)17-50(27-54)46-5-9-58-59-10-6-47(51-18-41(36-70)22-55(28-51)75-2)32-63(59)79(62(58)31-46)66-25-44(39-73)26-67(68(66)45-13-15-78-16-14-45)80-64-33-48(52-19-42(37-71)23-56(29-52)76-3)7-11-60(64)61-12-8-49(34-65(61)80)53-20-43(38-72)24-57(30-53)77-4/h5-34H. The Balaban J connectivity index is 1.25. The van der Waals surface area contributed by atoms with Crippen molar-refractivity contribution in [2.24, 2.45) is 0 Å². The van der Waals surface area contributed by atoms with Crippen LogP contribution in [0.15, 0.2) is 182 Å². The molecule has 0 spiro atoms. The molecule has 0 atom stereocenters. The van der Waals surface area contributed by atoms with E-state index in [1.807, 2.05) is 97.1 Å². The van der Waals surface area contributed by atoms with Crippen LogP contribution in [-0.4, -0.2) is 14.1 Å². The predicted octanol–water partition coefficient (Wildman–Crippen LogP) is 17.2. The van der Waals surface area contributed by atoms with E-state index < -0.39 is 0 Å². The Bertz CT molecular complexity index is 4440. The van der Waals surface area contributed by atoms with Crippen LogP contribution in [0.5, 0.6) is 0 Å². The van der Waals surface area contributed by atoms with Crippen molar-refractivity contribution < 1.29 is 0 Å². The average Bonchev–Trinajstić information content (AvgIpc) is 4.10. The highest BCUT2D eigenvalue weighted by Crippen LogP contribution is 2.46. The molecule has 12 rings (SSSR count). The van der Waals surface area contributed by atoms with Gasteiger partial charge in [0.15, 0.2) is 22.7 Å². The zero-order valence-electron chi connectivity index (χ0n) is 41.7. The normalized spacial score (nSPS) is 10.6. The van der Waals surface area contributed by atoms with Crippen LogP contribution in [0.1, 0.15) is 27.8 Å². The van der Waals surface area contributed by atoms with Crippen molar-refractivity contribution in [1.82, 2.24) is 14.1 Å². The van der Waals surface area contributed by atoms with Gasteiger partial charge in [0, 0.05) is 61.8 Å². The molecule has 0 saturated carbocycles. The molecule has 0 amide bonds. The van der Waals surface area contributed by atoms with Crippen LogP contribution in [0, 0.1) is 82.9 Å². The van der Waals surface area contributed by atoms with Gasteiger partial charge in [0.1, 0.15) is 0 Å². The molecule has 0 fully saturated rings. The molecule has 0 N–H and O–H groups in total. The first-order valence-corrected chi connectivity index (χ1v) is 24.5. The van der Waals surface area contributed by atoms with Crippen LogP contribution >= 0.6 is 0 Å². The molecule has 0 aliphatic rings. The van der Waals surface area contributed by atoms with Gasteiger partial charge >= 0.3 is 0 Å². The molecule has 9 aromatic carbocycles. The maximum absolute atomic E-state index is 11.3. The van der Waals surface area contributed by atoms with Gasteiger partial charge in [-0.1, -0.05) is 48.5 Å². The molecule has 0 aliphatic carbocycles. The lowest BCUT2D eigenvalue weighted by Crippen LogP contribution is -2.05. The van der Waals surface area contributed by atoms with E-state index in [4.69, 9.17) is 26.3 Å². The lowest BCUT2D eigenvalue weighted by Gasteiger charge is -2.21. The third kappa shape index (κ3) is 8.17. The summed E-state index contributed by atoms with van der Waals surface area (Å²) in [6.45, 7) is 31.5. The number of aromatic nitrogens is 3. The zero-order valence-corrected chi connectivity index (χ0v) is 41.7. The molecular weight excluding hydrogens is 985 g/mol. The molecule has 362 valence electrons. The minimum absolute atomic E-state index is 0.302. The monoisotopic (exact) mass is 1010 g/mol. The second-order valence-electron chi connectivity index (χ2n) is 18.8. The van der Waals surface area contributed by atoms with Gasteiger partial charge in [0.05, 0.1) is 95.6 Å². The van der Waals surface area contributed by atoms with E-state index in [-0.39, 0.29) is 0 Å². The molecular formula is C68H30N12. The summed E-state index contributed by atoms with van der Waals surface area (Å²) in [4.78, 5) is 19.1. The highest BCUT2D eigenvalue weighted by atomic mass is 15.0. The van der Waals surface area contributed by atoms with E-state index in [9.17, 15) is 26.3 Å². The Hall–Kier alpha value is -12.9. The quantitative estimate of drug-likeness (QED) is 0.145. The fraction of sp³-hybridized carbons (Fsp3) is 0. The maximum Gasteiger partial charge on any atom is 0.189 e. The van der Waals surface area contributed by atoms with E-state index in [0.717, 1.165) is 71.4 Å². The number of hydrogen-bond acceptors (Lipinski definition) is 6. The smallest absolute Gasteiger partial charge is 0.189 e. The van der Waals surface area contributed by atoms with Gasteiger partial charge in [0.2, 0.25) is 0 Å². The van der Waals surface area contributed by atoms with Crippen molar-refractivity contribution in [1.29, 1.82) is 26.3 Å². The predicted molar refractivity (Wildman–Crippen MR) is 309 cm³/mol. The average molecular weight is 1020 g/mol. The Kier molecular flexibility index (Phi) is 11.7. The van der Waals surface area contributed by atoms with Crippen LogP contribution in [0.4, 0.5) is 22.7 Å². The van der Waals surface area contributed by atoms with E-state index >= 15 is 0 Å². The Morgan fingerprint density at radius 2 is 0.575 bits per heavy atom. The molecule has 80 heavy (non-hydrogen) atoms.